The quantitative estimate of drug-likeness (QED) is 0.868. The number of anilines is 1. The van der Waals surface area contributed by atoms with Crippen LogP contribution in [0.1, 0.15) is 24.2 Å². The minimum Gasteiger partial charge on any atom is -0.378 e. The zero-order valence-corrected chi connectivity index (χ0v) is 12.9. The second-order valence-electron chi connectivity index (χ2n) is 5.62. The Hall–Kier alpha value is -1.73. The maximum absolute atomic E-state index is 12.0. The Morgan fingerprint density at radius 2 is 2.18 bits per heavy atom. The molecule has 7 nitrogen and oxygen atoms in total. The normalized spacial score (nSPS) is 21.9. The van der Waals surface area contributed by atoms with E-state index in [1.807, 2.05) is 13.0 Å². The highest BCUT2D eigenvalue weighted by Crippen LogP contribution is 2.14. The van der Waals surface area contributed by atoms with Crippen molar-refractivity contribution in [2.45, 2.75) is 32.4 Å². The topological polar surface area (TPSA) is 76.6 Å². The zero-order chi connectivity index (χ0) is 15.4. The summed E-state index contributed by atoms with van der Waals surface area (Å²) >= 11 is 0. The van der Waals surface area contributed by atoms with Gasteiger partial charge in [0.15, 0.2) is 0 Å². The van der Waals surface area contributed by atoms with Crippen LogP contribution in [0.4, 0.5) is 5.95 Å². The van der Waals surface area contributed by atoms with E-state index < -0.39 is 0 Å². The van der Waals surface area contributed by atoms with Crippen LogP contribution in [0.5, 0.6) is 0 Å². The Bertz CT molecular complexity index is 526. The molecule has 120 valence electrons. The first-order valence-corrected chi connectivity index (χ1v) is 7.79. The average Bonchev–Trinajstić information content (AvgIpc) is 3.07. The molecule has 1 N–H and O–H groups in total. The fourth-order valence-corrected chi connectivity index (χ4v) is 2.69. The van der Waals surface area contributed by atoms with E-state index in [0.29, 0.717) is 32.3 Å². The minimum atomic E-state index is -0.304. The molecule has 0 radical (unpaired) electrons. The van der Waals surface area contributed by atoms with Crippen molar-refractivity contribution in [2.24, 2.45) is 0 Å². The lowest BCUT2D eigenvalue weighted by Gasteiger charge is -2.27. The van der Waals surface area contributed by atoms with Crippen molar-refractivity contribution in [3.8, 4) is 0 Å². The van der Waals surface area contributed by atoms with Gasteiger partial charge in [-0.05, 0) is 25.8 Å². The number of rotatable bonds is 4. The lowest BCUT2D eigenvalue weighted by atomic mass is 10.2. The second-order valence-corrected chi connectivity index (χ2v) is 5.62. The number of morpholine rings is 1. The van der Waals surface area contributed by atoms with Crippen molar-refractivity contribution in [1.82, 2.24) is 15.3 Å². The maximum atomic E-state index is 12.0. The molecule has 3 rings (SSSR count). The Morgan fingerprint density at radius 3 is 2.91 bits per heavy atom. The number of ether oxygens (including phenoxy) is 2. The molecule has 22 heavy (non-hydrogen) atoms. The smallest absolute Gasteiger partial charge is 0.249 e. The molecule has 0 saturated carbocycles. The second kappa shape index (κ2) is 7.02. The fourth-order valence-electron chi connectivity index (χ4n) is 2.69. The number of carbonyl (C=O) groups excluding carboxylic acids is 1. The third-order valence-electron chi connectivity index (χ3n) is 3.86. The molecule has 2 fully saturated rings. The van der Waals surface area contributed by atoms with Crippen LogP contribution in [0, 0.1) is 6.92 Å². The number of aromatic nitrogens is 2. The predicted octanol–water partition coefficient (Wildman–Crippen LogP) is 0.417. The van der Waals surface area contributed by atoms with Gasteiger partial charge in [0.05, 0.1) is 25.5 Å². The molecule has 1 atom stereocenters. The molecule has 1 amide bonds. The standard InChI is InChI=1S/C15H22N4O3/c1-11-9-12(10-16-14(20)13-3-2-6-22-13)18-15(17-11)19-4-7-21-8-5-19/h9,13H,2-8,10H2,1H3,(H,16,20). The maximum Gasteiger partial charge on any atom is 0.249 e. The van der Waals surface area contributed by atoms with Crippen LogP contribution in [-0.4, -0.2) is 54.9 Å². The summed E-state index contributed by atoms with van der Waals surface area (Å²) in [5, 5.41) is 2.90. The van der Waals surface area contributed by atoms with E-state index >= 15 is 0 Å². The van der Waals surface area contributed by atoms with Crippen LogP contribution in [0.15, 0.2) is 6.07 Å². The third kappa shape index (κ3) is 3.72. The number of aryl methyl sites for hydroxylation is 1. The number of nitrogens with zero attached hydrogens (tertiary/aromatic N) is 3. The molecule has 1 aromatic rings. The predicted molar refractivity (Wildman–Crippen MR) is 80.6 cm³/mol. The van der Waals surface area contributed by atoms with Crippen molar-refractivity contribution in [1.29, 1.82) is 0 Å². The Labute approximate surface area is 130 Å². The molecule has 0 aromatic carbocycles. The highest BCUT2D eigenvalue weighted by molar-refractivity contribution is 5.80. The van der Waals surface area contributed by atoms with Crippen LogP contribution in [0.2, 0.25) is 0 Å². The van der Waals surface area contributed by atoms with E-state index in [2.05, 4.69) is 20.2 Å². The molecule has 2 saturated heterocycles. The van der Waals surface area contributed by atoms with Crippen molar-refractivity contribution < 1.29 is 14.3 Å². The zero-order valence-electron chi connectivity index (χ0n) is 12.9. The lowest BCUT2D eigenvalue weighted by molar-refractivity contribution is -0.130. The molecular formula is C15H22N4O3. The van der Waals surface area contributed by atoms with Crippen molar-refractivity contribution in [3.63, 3.8) is 0 Å². The van der Waals surface area contributed by atoms with Crippen molar-refractivity contribution in [2.75, 3.05) is 37.8 Å². The summed E-state index contributed by atoms with van der Waals surface area (Å²) in [5.74, 6) is 0.659. The van der Waals surface area contributed by atoms with Gasteiger partial charge < -0.3 is 19.7 Å². The van der Waals surface area contributed by atoms with Crippen LogP contribution < -0.4 is 10.2 Å². The van der Waals surface area contributed by atoms with E-state index in [0.717, 1.165) is 37.3 Å². The van der Waals surface area contributed by atoms with Crippen molar-refractivity contribution in [3.05, 3.63) is 17.5 Å². The van der Waals surface area contributed by atoms with E-state index in [1.165, 1.54) is 0 Å². The first-order chi connectivity index (χ1) is 10.7. The van der Waals surface area contributed by atoms with E-state index in [1.54, 1.807) is 0 Å². The lowest BCUT2D eigenvalue weighted by Crippen LogP contribution is -2.38. The molecule has 0 spiro atoms. The number of hydrogen-bond acceptors (Lipinski definition) is 6. The summed E-state index contributed by atoms with van der Waals surface area (Å²) in [4.78, 5) is 23.1. The number of carbonyl (C=O) groups is 1. The first kappa shape index (κ1) is 15.2. The van der Waals surface area contributed by atoms with Crippen molar-refractivity contribution >= 4 is 11.9 Å². The summed E-state index contributed by atoms with van der Waals surface area (Å²) < 4.78 is 10.7. The molecule has 1 unspecified atom stereocenters. The summed E-state index contributed by atoms with van der Waals surface area (Å²) in [6.07, 6.45) is 1.45. The fraction of sp³-hybridized carbons (Fsp3) is 0.667. The van der Waals surface area contributed by atoms with Gasteiger partial charge in [-0.15, -0.1) is 0 Å². The van der Waals surface area contributed by atoms with Gasteiger partial charge in [0.2, 0.25) is 11.9 Å². The molecule has 0 aliphatic carbocycles. The summed E-state index contributed by atoms with van der Waals surface area (Å²) in [6.45, 7) is 6.00. The summed E-state index contributed by atoms with van der Waals surface area (Å²) in [5.41, 5.74) is 1.72. The minimum absolute atomic E-state index is 0.0540. The van der Waals surface area contributed by atoms with Gasteiger partial charge >= 0.3 is 0 Å². The van der Waals surface area contributed by atoms with Crippen LogP contribution in [0.25, 0.3) is 0 Å². The van der Waals surface area contributed by atoms with Gasteiger partial charge in [-0.3, -0.25) is 4.79 Å². The molecule has 1 aromatic heterocycles. The van der Waals surface area contributed by atoms with Gasteiger partial charge in [-0.1, -0.05) is 0 Å². The van der Waals surface area contributed by atoms with Gasteiger partial charge in [-0.2, -0.15) is 0 Å². The number of hydrogen-bond donors (Lipinski definition) is 1. The Balaban J connectivity index is 1.62. The number of amides is 1. The Morgan fingerprint density at radius 1 is 1.36 bits per heavy atom. The van der Waals surface area contributed by atoms with E-state index in [9.17, 15) is 4.79 Å². The molecule has 2 aliphatic rings. The molecule has 0 bridgehead atoms. The Kier molecular flexibility index (Phi) is 4.84. The average molecular weight is 306 g/mol. The van der Waals surface area contributed by atoms with Gasteiger partial charge in [0.25, 0.3) is 0 Å². The SMILES string of the molecule is Cc1cc(CNC(=O)C2CCCO2)nc(N2CCOCC2)n1. The van der Waals surface area contributed by atoms with Crippen LogP contribution >= 0.6 is 0 Å². The molecule has 2 aliphatic heterocycles. The summed E-state index contributed by atoms with van der Waals surface area (Å²) in [6, 6.07) is 1.90. The molecular weight excluding hydrogens is 284 g/mol. The van der Waals surface area contributed by atoms with Crippen LogP contribution in [-0.2, 0) is 20.8 Å². The number of nitrogens with one attached hydrogen (secondary N) is 1. The van der Waals surface area contributed by atoms with Crippen LogP contribution in [0.3, 0.4) is 0 Å². The third-order valence-corrected chi connectivity index (χ3v) is 3.86. The first-order valence-electron chi connectivity index (χ1n) is 7.79. The summed E-state index contributed by atoms with van der Waals surface area (Å²) in [7, 11) is 0. The molecule has 7 heteroatoms. The van der Waals surface area contributed by atoms with E-state index in [4.69, 9.17) is 9.47 Å². The van der Waals surface area contributed by atoms with Gasteiger partial charge in [0, 0.05) is 25.4 Å². The monoisotopic (exact) mass is 306 g/mol. The largest absolute Gasteiger partial charge is 0.378 e. The van der Waals surface area contributed by atoms with E-state index in [-0.39, 0.29) is 12.0 Å². The van der Waals surface area contributed by atoms with Gasteiger partial charge in [0.1, 0.15) is 6.10 Å². The van der Waals surface area contributed by atoms with Gasteiger partial charge in [-0.25, -0.2) is 9.97 Å². The molecule has 3 heterocycles. The highest BCUT2D eigenvalue weighted by atomic mass is 16.5. The highest BCUT2D eigenvalue weighted by Gasteiger charge is 2.23.